The van der Waals surface area contributed by atoms with Gasteiger partial charge in [-0.1, -0.05) is 160 Å². The Labute approximate surface area is 298 Å². The molecule has 51 heavy (non-hydrogen) atoms. The van der Waals surface area contributed by atoms with Crippen molar-refractivity contribution in [2.24, 2.45) is 0 Å². The molecule has 242 valence electrons. The number of hydrogen-bond donors (Lipinski definition) is 0. The van der Waals surface area contributed by atoms with Crippen LogP contribution in [0.5, 0.6) is 0 Å². The second-order valence-electron chi connectivity index (χ2n) is 14.9. The summed E-state index contributed by atoms with van der Waals surface area (Å²) in [4.78, 5) is 0. The molecule has 0 spiro atoms. The van der Waals surface area contributed by atoms with Crippen LogP contribution in [0, 0.1) is 0 Å². The van der Waals surface area contributed by atoms with Crippen LogP contribution in [-0.2, 0) is 5.41 Å². The van der Waals surface area contributed by atoms with Crippen molar-refractivity contribution in [3.63, 3.8) is 0 Å². The number of fused-ring (bicyclic) bond motifs is 3. The van der Waals surface area contributed by atoms with Gasteiger partial charge in [-0.15, -0.1) is 0 Å². The molecule has 1 heteroatoms. The number of benzene rings is 9. The Balaban J connectivity index is 1.25. The number of para-hydroxylation sites is 2. The van der Waals surface area contributed by atoms with Crippen LogP contribution in [0.4, 0.5) is 0 Å². The topological polar surface area (TPSA) is 4.93 Å². The first-order chi connectivity index (χ1) is 24.9. The standard InChI is InChI=1S/C50H37N/c1-50(2,3)36-29-34-23-27-42-44(33-21-25-37(26-22-33)51-46-19-11-9-17-40(46)41-18-10-12-20-47(41)51)31-45(43-28-24-35(30-36)48(34)49(42)43)39-16-8-7-15-38(39)32-13-5-4-6-14-32/h4-31H,1-3H3. The molecule has 0 amide bonds. The highest BCUT2D eigenvalue weighted by atomic mass is 15.0. The van der Waals surface area contributed by atoms with E-state index in [1.54, 1.807) is 0 Å². The minimum atomic E-state index is 0.0630. The summed E-state index contributed by atoms with van der Waals surface area (Å²) in [5.74, 6) is 0. The first-order valence-electron chi connectivity index (χ1n) is 17.9. The van der Waals surface area contributed by atoms with Crippen molar-refractivity contribution in [3.05, 3.63) is 175 Å². The van der Waals surface area contributed by atoms with E-state index in [1.165, 1.54) is 98.8 Å². The van der Waals surface area contributed by atoms with Crippen molar-refractivity contribution in [1.29, 1.82) is 0 Å². The van der Waals surface area contributed by atoms with E-state index in [9.17, 15) is 0 Å². The molecule has 0 saturated heterocycles. The Morgan fingerprint density at radius 3 is 1.53 bits per heavy atom. The van der Waals surface area contributed by atoms with E-state index >= 15 is 0 Å². The van der Waals surface area contributed by atoms with Gasteiger partial charge in [0.05, 0.1) is 11.0 Å². The maximum Gasteiger partial charge on any atom is 0.0541 e. The van der Waals surface area contributed by atoms with Gasteiger partial charge in [0.25, 0.3) is 0 Å². The zero-order valence-electron chi connectivity index (χ0n) is 29.1. The van der Waals surface area contributed by atoms with Gasteiger partial charge in [-0.3, -0.25) is 0 Å². The molecule has 0 aliphatic rings. The van der Waals surface area contributed by atoms with Gasteiger partial charge in [-0.05, 0) is 107 Å². The fourth-order valence-corrected chi connectivity index (χ4v) is 8.39. The molecule has 10 rings (SSSR count). The molecule has 0 fully saturated rings. The molecule has 1 heterocycles. The largest absolute Gasteiger partial charge is 0.309 e. The lowest BCUT2D eigenvalue weighted by Gasteiger charge is -2.23. The molecule has 9 aromatic carbocycles. The maximum absolute atomic E-state index is 2.44. The molecule has 0 radical (unpaired) electrons. The summed E-state index contributed by atoms with van der Waals surface area (Å²) in [6, 6.07) is 63.0. The quantitative estimate of drug-likeness (QED) is 0.167. The molecule has 1 aromatic heterocycles. The number of nitrogens with zero attached hydrogens (tertiary/aromatic N) is 1. The van der Waals surface area contributed by atoms with Crippen LogP contribution in [0.1, 0.15) is 26.3 Å². The third-order valence-electron chi connectivity index (χ3n) is 10.9. The third kappa shape index (κ3) is 4.62. The van der Waals surface area contributed by atoms with Gasteiger partial charge >= 0.3 is 0 Å². The molecule has 0 saturated carbocycles. The summed E-state index contributed by atoms with van der Waals surface area (Å²) >= 11 is 0. The van der Waals surface area contributed by atoms with Gasteiger partial charge in [0.2, 0.25) is 0 Å². The summed E-state index contributed by atoms with van der Waals surface area (Å²) in [5, 5.41) is 10.4. The van der Waals surface area contributed by atoms with Crippen LogP contribution >= 0.6 is 0 Å². The van der Waals surface area contributed by atoms with Crippen molar-refractivity contribution < 1.29 is 0 Å². The summed E-state index contributed by atoms with van der Waals surface area (Å²) in [5.41, 5.74) is 12.5. The second-order valence-corrected chi connectivity index (χ2v) is 14.9. The number of aromatic nitrogens is 1. The summed E-state index contributed by atoms with van der Waals surface area (Å²) in [6.07, 6.45) is 0. The second kappa shape index (κ2) is 11.2. The average molecular weight is 652 g/mol. The smallest absolute Gasteiger partial charge is 0.0541 e. The highest BCUT2D eigenvalue weighted by Crippen LogP contribution is 2.47. The fraction of sp³-hybridized carbons (Fsp3) is 0.0800. The predicted molar refractivity (Wildman–Crippen MR) is 219 cm³/mol. The summed E-state index contributed by atoms with van der Waals surface area (Å²) in [7, 11) is 0. The third-order valence-corrected chi connectivity index (χ3v) is 10.9. The fourth-order valence-electron chi connectivity index (χ4n) is 8.39. The van der Waals surface area contributed by atoms with Crippen LogP contribution in [0.3, 0.4) is 0 Å². The highest BCUT2D eigenvalue weighted by Gasteiger charge is 2.21. The zero-order valence-corrected chi connectivity index (χ0v) is 29.1. The SMILES string of the molecule is CC(C)(C)c1cc2ccc3c(-c4ccc(-n5c6ccccc6c6ccccc65)cc4)cc(-c4ccccc4-c4ccccc4)c4ccc(c1)c2c34. The van der Waals surface area contributed by atoms with Gasteiger partial charge < -0.3 is 4.57 Å². The number of rotatable bonds is 4. The molecule has 0 atom stereocenters. The van der Waals surface area contributed by atoms with Crippen LogP contribution in [0.15, 0.2) is 170 Å². The molecule has 0 unspecified atom stereocenters. The average Bonchev–Trinajstić information content (AvgIpc) is 3.51. The van der Waals surface area contributed by atoms with E-state index in [1.807, 2.05) is 0 Å². The maximum atomic E-state index is 2.44. The summed E-state index contributed by atoms with van der Waals surface area (Å²) in [6.45, 7) is 6.92. The minimum Gasteiger partial charge on any atom is -0.309 e. The van der Waals surface area contributed by atoms with Crippen molar-refractivity contribution in [2.45, 2.75) is 26.2 Å². The predicted octanol–water partition coefficient (Wildman–Crippen LogP) is 14.0. The highest BCUT2D eigenvalue weighted by molar-refractivity contribution is 6.28. The van der Waals surface area contributed by atoms with Crippen molar-refractivity contribution >= 4 is 54.1 Å². The number of hydrogen-bond acceptors (Lipinski definition) is 0. The normalized spacial score (nSPS) is 12.2. The first-order valence-corrected chi connectivity index (χ1v) is 17.9. The Hall–Kier alpha value is -6.18. The molecular formula is C50H37N. The van der Waals surface area contributed by atoms with Crippen molar-refractivity contribution in [2.75, 3.05) is 0 Å². The molecule has 1 nitrogen and oxygen atoms in total. The lowest BCUT2D eigenvalue weighted by molar-refractivity contribution is 0.591. The molecule has 0 aliphatic carbocycles. The van der Waals surface area contributed by atoms with E-state index in [2.05, 4.69) is 195 Å². The lowest BCUT2D eigenvalue weighted by Crippen LogP contribution is -2.10. The zero-order chi connectivity index (χ0) is 34.3. The Morgan fingerprint density at radius 1 is 0.373 bits per heavy atom. The van der Waals surface area contributed by atoms with E-state index < -0.39 is 0 Å². The van der Waals surface area contributed by atoms with E-state index in [-0.39, 0.29) is 5.41 Å². The van der Waals surface area contributed by atoms with Crippen molar-refractivity contribution in [1.82, 2.24) is 4.57 Å². The van der Waals surface area contributed by atoms with Gasteiger partial charge in [0.1, 0.15) is 0 Å². The Bertz CT molecular complexity index is 2850. The Kier molecular flexibility index (Phi) is 6.51. The molecule has 10 aromatic rings. The first kappa shape index (κ1) is 29.7. The molecular weight excluding hydrogens is 615 g/mol. The van der Waals surface area contributed by atoms with Crippen LogP contribution in [-0.4, -0.2) is 4.57 Å². The van der Waals surface area contributed by atoms with Gasteiger partial charge in [-0.25, -0.2) is 0 Å². The lowest BCUT2D eigenvalue weighted by atomic mass is 9.81. The van der Waals surface area contributed by atoms with E-state index in [4.69, 9.17) is 0 Å². The van der Waals surface area contributed by atoms with Gasteiger partial charge in [0.15, 0.2) is 0 Å². The molecule has 0 aliphatic heterocycles. The molecule has 0 bridgehead atoms. The van der Waals surface area contributed by atoms with Crippen LogP contribution < -0.4 is 0 Å². The molecule has 0 N–H and O–H groups in total. The van der Waals surface area contributed by atoms with Crippen LogP contribution in [0.2, 0.25) is 0 Å². The minimum absolute atomic E-state index is 0.0630. The summed E-state index contributed by atoms with van der Waals surface area (Å²) < 4.78 is 2.40. The van der Waals surface area contributed by atoms with E-state index in [0.717, 1.165) is 0 Å². The van der Waals surface area contributed by atoms with Crippen molar-refractivity contribution in [3.8, 4) is 39.1 Å². The van der Waals surface area contributed by atoms with Gasteiger partial charge in [0, 0.05) is 16.5 Å². The van der Waals surface area contributed by atoms with Crippen LogP contribution in [0.25, 0.3) is 93.2 Å². The Morgan fingerprint density at radius 2 is 0.902 bits per heavy atom. The van der Waals surface area contributed by atoms with E-state index in [0.29, 0.717) is 0 Å². The van der Waals surface area contributed by atoms with Gasteiger partial charge in [-0.2, -0.15) is 0 Å². The monoisotopic (exact) mass is 651 g/mol.